The molecule has 1 atom stereocenters. The van der Waals surface area contributed by atoms with Crippen LogP contribution < -0.4 is 0 Å². The van der Waals surface area contributed by atoms with Crippen molar-refractivity contribution in [2.45, 2.75) is 81.6 Å². The molecule has 10 nitrogen and oxygen atoms in total. The van der Waals surface area contributed by atoms with Gasteiger partial charge in [-0.3, -0.25) is 4.79 Å². The summed E-state index contributed by atoms with van der Waals surface area (Å²) < 4.78 is 10.3. The summed E-state index contributed by atoms with van der Waals surface area (Å²) in [5.74, 6) is 2.42. The van der Waals surface area contributed by atoms with E-state index in [0.29, 0.717) is 12.3 Å². The number of rotatable bonds is 8. The summed E-state index contributed by atoms with van der Waals surface area (Å²) in [7, 11) is 4.16. The molecule has 3 aromatic heterocycles. The first-order valence-corrected chi connectivity index (χ1v) is 18.5. The van der Waals surface area contributed by atoms with Gasteiger partial charge in [-0.05, 0) is 89.7 Å². The van der Waals surface area contributed by atoms with Crippen LogP contribution in [0, 0.1) is 0 Å². The number of carbonyl (C=O) groups excluding carboxylic acids is 3. The van der Waals surface area contributed by atoms with E-state index in [9.17, 15) is 4.79 Å². The third-order valence-electron chi connectivity index (χ3n) is 10.8. The fraction of sp³-hybridized carbons (Fsp3) is 0.425. The number of aromatic nitrogens is 5. The minimum absolute atomic E-state index is 0.153. The number of aliphatic hydroxyl groups excluding tert-OH is 1. The predicted molar refractivity (Wildman–Crippen MR) is 199 cm³/mol. The van der Waals surface area contributed by atoms with E-state index in [1.807, 2.05) is 30.6 Å². The Morgan fingerprint density at radius 3 is 2.33 bits per heavy atom. The molecule has 2 aliphatic carbocycles. The molecule has 1 unspecified atom stereocenters. The van der Waals surface area contributed by atoms with Crippen LogP contribution in [0.3, 0.4) is 0 Å². The monoisotopic (exact) mass is 753 g/mol. The number of nitrogens with zero attached hydrogens (tertiary/aromatic N) is 5. The number of fused-ring (bicyclic) bond motifs is 2. The van der Waals surface area contributed by atoms with Gasteiger partial charge in [0.2, 0.25) is 0 Å². The van der Waals surface area contributed by atoms with Gasteiger partial charge in [0.1, 0.15) is 5.82 Å². The van der Waals surface area contributed by atoms with Crippen molar-refractivity contribution in [1.82, 2.24) is 24.1 Å². The van der Waals surface area contributed by atoms with Crippen LogP contribution in [0.25, 0.3) is 39.5 Å². The highest BCUT2D eigenvalue weighted by Crippen LogP contribution is 2.48. The number of imidazole rings is 1. The molecule has 8 rings (SSSR count). The molecule has 0 bridgehead atoms. The number of ketones is 1. The van der Waals surface area contributed by atoms with Gasteiger partial charge in [0.15, 0.2) is 11.6 Å². The van der Waals surface area contributed by atoms with Crippen molar-refractivity contribution >= 4 is 55.9 Å². The molecule has 1 N–H and O–H groups in total. The van der Waals surface area contributed by atoms with Crippen molar-refractivity contribution in [3.63, 3.8) is 0 Å². The van der Waals surface area contributed by atoms with Crippen LogP contribution in [0.1, 0.15) is 97.4 Å². The number of Topliss-reactive ketones (excluding diaryl/α,β-unsaturated/α-hetero) is 1. The lowest BCUT2D eigenvalue weighted by Gasteiger charge is -2.40. The Balaban J connectivity index is 0.000000392. The molecule has 1 aliphatic heterocycles. The second kappa shape index (κ2) is 15.9. The van der Waals surface area contributed by atoms with Crippen molar-refractivity contribution in [2.75, 3.05) is 13.2 Å². The zero-order chi connectivity index (χ0) is 36.1. The summed E-state index contributed by atoms with van der Waals surface area (Å²) in [6, 6.07) is 12.5. The normalized spacial score (nSPS) is 18.0. The first-order chi connectivity index (χ1) is 24.7. The number of aryl methyl sites for hydroxylation is 2. The maximum absolute atomic E-state index is 14.0. The zero-order valence-electron chi connectivity index (χ0n) is 29.2. The van der Waals surface area contributed by atoms with E-state index in [1.54, 1.807) is 0 Å². The molecule has 266 valence electrons. The molecular formula is C40H44BrN5O5. The topological polar surface area (TPSA) is 129 Å². The zero-order valence-corrected chi connectivity index (χ0v) is 30.8. The Labute approximate surface area is 306 Å². The Morgan fingerprint density at radius 2 is 1.75 bits per heavy atom. The van der Waals surface area contributed by atoms with Crippen molar-refractivity contribution in [1.29, 1.82) is 0 Å². The van der Waals surface area contributed by atoms with Gasteiger partial charge < -0.3 is 19.0 Å². The molecule has 4 heterocycles. The van der Waals surface area contributed by atoms with E-state index in [-0.39, 0.29) is 30.1 Å². The average Bonchev–Trinajstić information content (AvgIpc) is 3.95. The van der Waals surface area contributed by atoms with Gasteiger partial charge in [-0.1, -0.05) is 50.1 Å². The van der Waals surface area contributed by atoms with Crippen LogP contribution >= 0.6 is 15.9 Å². The second-order valence-corrected chi connectivity index (χ2v) is 14.8. The summed E-state index contributed by atoms with van der Waals surface area (Å²) >= 11 is 3.47. The molecular weight excluding hydrogens is 710 g/mol. The van der Waals surface area contributed by atoms with Crippen LogP contribution in [0.4, 0.5) is 0 Å². The number of ether oxygens (including phenoxy) is 1. The van der Waals surface area contributed by atoms with Crippen LogP contribution in [0.15, 0.2) is 59.8 Å². The van der Waals surface area contributed by atoms with Crippen LogP contribution in [0.2, 0.25) is 0 Å². The highest BCUT2D eigenvalue weighted by molar-refractivity contribution is 9.10. The Bertz CT molecular complexity index is 2060. The SMILES string of the molecule is C=Cc1ccc2nc(C3(CC(=O)c4ccc5c(C6CCCC6)c(-c6ncc(Br)cn6)n(C)c5c4)CCC3)n(C)c2c1.O=C=O.OCC1CCCO1. The molecule has 51 heavy (non-hydrogen) atoms. The predicted octanol–water partition coefficient (Wildman–Crippen LogP) is 7.85. The van der Waals surface area contributed by atoms with Crippen molar-refractivity contribution in [3.05, 3.63) is 82.4 Å². The summed E-state index contributed by atoms with van der Waals surface area (Å²) in [5.41, 5.74) is 7.14. The number of halogens is 1. The molecule has 0 spiro atoms. The average molecular weight is 755 g/mol. The summed E-state index contributed by atoms with van der Waals surface area (Å²) in [5, 5.41) is 9.65. The number of aliphatic hydroxyl groups is 1. The van der Waals surface area contributed by atoms with Gasteiger partial charge in [0, 0.05) is 61.4 Å². The van der Waals surface area contributed by atoms with Crippen molar-refractivity contribution < 1.29 is 24.2 Å². The molecule has 2 aromatic carbocycles. The highest BCUT2D eigenvalue weighted by Gasteiger charge is 2.44. The lowest BCUT2D eigenvalue weighted by Crippen LogP contribution is -2.39. The number of hydrogen-bond acceptors (Lipinski definition) is 8. The smallest absolute Gasteiger partial charge is 0.373 e. The van der Waals surface area contributed by atoms with Gasteiger partial charge in [-0.15, -0.1) is 0 Å². The summed E-state index contributed by atoms with van der Waals surface area (Å²) in [4.78, 5) is 44.6. The number of carbonyl (C=O) groups is 1. The largest absolute Gasteiger partial charge is 0.394 e. The molecule has 0 radical (unpaired) electrons. The summed E-state index contributed by atoms with van der Waals surface area (Å²) in [6.45, 7) is 4.95. The Kier molecular flexibility index (Phi) is 11.4. The number of hydrogen-bond donors (Lipinski definition) is 1. The van der Waals surface area contributed by atoms with Gasteiger partial charge in [-0.25, -0.2) is 15.0 Å². The molecule has 3 aliphatic rings. The highest BCUT2D eigenvalue weighted by atomic mass is 79.9. The van der Waals surface area contributed by atoms with E-state index < -0.39 is 0 Å². The first kappa shape index (κ1) is 36.5. The standard InChI is InChI=1S/C34H34BrN5O.C5H10O2.CO2/c1-4-21-10-13-26-28(16-21)40(3)33(38-26)34(14-7-15-34)18-29(41)23-11-12-25-27(17-23)39(2)31(30(25)22-8-5-6-9-22)32-36-19-24(35)20-37-32;6-4-5-2-1-3-7-5;2-1-3/h4,10-13,16-17,19-20,22H,1,5-9,14-15,18H2,2-3H3;5-6H,1-4H2;. The fourth-order valence-corrected chi connectivity index (χ4v) is 8.27. The van der Waals surface area contributed by atoms with Gasteiger partial charge in [0.05, 0.1) is 33.9 Å². The first-order valence-electron chi connectivity index (χ1n) is 17.7. The van der Waals surface area contributed by atoms with E-state index >= 15 is 0 Å². The van der Waals surface area contributed by atoms with Crippen molar-refractivity contribution in [2.24, 2.45) is 14.1 Å². The van der Waals surface area contributed by atoms with Crippen LogP contribution in [-0.4, -0.2) is 60.4 Å². The van der Waals surface area contributed by atoms with Crippen LogP contribution in [-0.2, 0) is 33.8 Å². The molecule has 11 heteroatoms. The fourth-order valence-electron chi connectivity index (χ4n) is 8.06. The van der Waals surface area contributed by atoms with Crippen LogP contribution in [0.5, 0.6) is 0 Å². The Morgan fingerprint density at radius 1 is 1.02 bits per heavy atom. The molecule has 0 amide bonds. The summed E-state index contributed by atoms with van der Waals surface area (Å²) in [6.07, 6.45) is 16.4. The van der Waals surface area contributed by atoms with E-state index in [1.165, 1.54) is 36.6 Å². The molecule has 2 saturated carbocycles. The third kappa shape index (κ3) is 7.39. The van der Waals surface area contributed by atoms with E-state index in [2.05, 4.69) is 80.0 Å². The minimum Gasteiger partial charge on any atom is -0.394 e. The van der Waals surface area contributed by atoms with E-state index in [0.717, 1.165) is 88.2 Å². The van der Waals surface area contributed by atoms with Gasteiger partial charge in [-0.2, -0.15) is 9.59 Å². The molecule has 1 saturated heterocycles. The second-order valence-electron chi connectivity index (χ2n) is 13.8. The third-order valence-corrected chi connectivity index (χ3v) is 11.2. The molecule has 3 fully saturated rings. The molecule has 5 aromatic rings. The lowest BCUT2D eigenvalue weighted by molar-refractivity contribution is -0.191. The van der Waals surface area contributed by atoms with Gasteiger partial charge in [0.25, 0.3) is 0 Å². The maximum atomic E-state index is 14.0. The van der Waals surface area contributed by atoms with Crippen molar-refractivity contribution in [3.8, 4) is 11.5 Å². The minimum atomic E-state index is -0.228. The lowest BCUT2D eigenvalue weighted by atomic mass is 9.64. The Hall–Kier alpha value is -4.28. The van der Waals surface area contributed by atoms with E-state index in [4.69, 9.17) is 24.4 Å². The quantitative estimate of drug-likeness (QED) is 0.159. The number of benzene rings is 2. The maximum Gasteiger partial charge on any atom is 0.373 e. The van der Waals surface area contributed by atoms with Gasteiger partial charge >= 0.3 is 6.15 Å².